The fourth-order valence-corrected chi connectivity index (χ4v) is 2.74. The molecule has 0 bridgehead atoms. The predicted molar refractivity (Wildman–Crippen MR) is 67.4 cm³/mol. The Balaban J connectivity index is 3.46. The van der Waals surface area contributed by atoms with Crippen molar-refractivity contribution >= 4 is 71.8 Å². The molecule has 11 heavy (non-hydrogen) atoms. The maximum Gasteiger partial charge on any atom is 0.116 e. The Kier molecular flexibility index (Phi) is 3.31. The van der Waals surface area contributed by atoms with Crippen LogP contribution in [0.1, 0.15) is 5.56 Å². The summed E-state index contributed by atoms with van der Waals surface area (Å²) in [5, 5.41) is 0. The minimum Gasteiger partial charge on any atom is -0.0812 e. The van der Waals surface area contributed by atoms with Crippen LogP contribution in [0.2, 0.25) is 0 Å². The first-order chi connectivity index (χ1) is 5.04. The summed E-state index contributed by atoms with van der Waals surface area (Å²) in [6.07, 6.45) is 0. The van der Waals surface area contributed by atoms with E-state index in [1.54, 1.807) is 0 Å². The molecule has 0 aliphatic rings. The summed E-state index contributed by atoms with van der Waals surface area (Å²) in [6.45, 7) is 1.99. The molecule has 0 aromatic heterocycles. The average molecular weight is 364 g/mol. The number of benzene rings is 1. The van der Waals surface area contributed by atoms with Crippen molar-refractivity contribution in [3.63, 3.8) is 0 Å². The molecule has 0 aliphatic carbocycles. The van der Waals surface area contributed by atoms with Crippen molar-refractivity contribution in [2.24, 2.45) is 0 Å². The second kappa shape index (κ2) is 3.68. The molecule has 0 saturated carbocycles. The molecule has 1 aromatic carbocycles. The van der Waals surface area contributed by atoms with Gasteiger partial charge < -0.3 is 0 Å². The Hall–Kier alpha value is 0.810. The zero-order valence-electron chi connectivity index (χ0n) is 5.99. The van der Waals surface area contributed by atoms with Crippen LogP contribution in [0.4, 0.5) is 0 Å². The summed E-state index contributed by atoms with van der Waals surface area (Å²) in [4.78, 5) is 0. The Morgan fingerprint density at radius 2 is 1.73 bits per heavy atom. The number of halogens is 2. The first-order valence-corrected chi connectivity index (χ1v) is 5.19. The second-order valence-electron chi connectivity index (χ2n) is 2.32. The van der Waals surface area contributed by atoms with Gasteiger partial charge in [0.1, 0.15) is 15.7 Å². The number of hydrogen-bond donors (Lipinski definition) is 0. The van der Waals surface area contributed by atoms with E-state index in [2.05, 4.69) is 45.2 Å². The molecule has 0 atom stereocenters. The summed E-state index contributed by atoms with van der Waals surface area (Å²) in [5.74, 6) is 0. The lowest BCUT2D eigenvalue weighted by Gasteiger charge is -2.09. The van der Waals surface area contributed by atoms with Crippen molar-refractivity contribution in [2.75, 3.05) is 0 Å². The lowest BCUT2D eigenvalue weighted by molar-refractivity contribution is 1.49. The van der Waals surface area contributed by atoms with Gasteiger partial charge in [-0.1, -0.05) is 16.5 Å². The van der Waals surface area contributed by atoms with Crippen molar-refractivity contribution in [3.05, 3.63) is 18.8 Å². The standard InChI is InChI=1S/C7H4B2I2/c1-3-2-4(10)6(9)7(11)5(3)8/h2H,1H3. The first-order valence-electron chi connectivity index (χ1n) is 3.03. The maximum atomic E-state index is 5.76. The molecule has 0 aliphatic heterocycles. The van der Waals surface area contributed by atoms with E-state index in [1.165, 1.54) is 0 Å². The van der Waals surface area contributed by atoms with Crippen LogP contribution in [0.5, 0.6) is 0 Å². The van der Waals surface area contributed by atoms with Crippen LogP contribution >= 0.6 is 45.2 Å². The van der Waals surface area contributed by atoms with Gasteiger partial charge in [-0.2, -0.15) is 0 Å². The molecule has 0 amide bonds. The van der Waals surface area contributed by atoms with E-state index < -0.39 is 0 Å². The van der Waals surface area contributed by atoms with E-state index in [-0.39, 0.29) is 0 Å². The fraction of sp³-hybridized carbons (Fsp3) is 0.143. The van der Waals surface area contributed by atoms with Crippen LogP contribution < -0.4 is 10.9 Å². The predicted octanol–water partition coefficient (Wildman–Crippen LogP) is 0.792. The second-order valence-corrected chi connectivity index (χ2v) is 4.56. The summed E-state index contributed by atoms with van der Waals surface area (Å²) in [6, 6.07) is 1.99. The lowest BCUT2D eigenvalue weighted by Crippen LogP contribution is -2.25. The Labute approximate surface area is 96.6 Å². The zero-order valence-corrected chi connectivity index (χ0v) is 10.3. The summed E-state index contributed by atoms with van der Waals surface area (Å²) < 4.78 is 2.03. The Morgan fingerprint density at radius 3 is 2.27 bits per heavy atom. The monoisotopic (exact) mass is 364 g/mol. The number of aryl methyl sites for hydroxylation is 1. The molecular weight excluding hydrogens is 360 g/mol. The van der Waals surface area contributed by atoms with Gasteiger partial charge in [0.2, 0.25) is 0 Å². The van der Waals surface area contributed by atoms with Crippen molar-refractivity contribution in [2.45, 2.75) is 6.92 Å². The van der Waals surface area contributed by atoms with Crippen molar-refractivity contribution in [1.29, 1.82) is 0 Å². The summed E-state index contributed by atoms with van der Waals surface area (Å²) in [7, 11) is 11.5. The smallest absolute Gasteiger partial charge is 0.0812 e. The quantitative estimate of drug-likeness (QED) is 0.472. The van der Waals surface area contributed by atoms with Crippen molar-refractivity contribution in [3.8, 4) is 0 Å². The van der Waals surface area contributed by atoms with Gasteiger partial charge in [-0.05, 0) is 58.2 Å². The van der Waals surface area contributed by atoms with Gasteiger partial charge in [0.15, 0.2) is 0 Å². The van der Waals surface area contributed by atoms with E-state index in [4.69, 9.17) is 15.7 Å². The van der Waals surface area contributed by atoms with Gasteiger partial charge in [-0.3, -0.25) is 0 Å². The van der Waals surface area contributed by atoms with Crippen LogP contribution in [0.3, 0.4) is 0 Å². The third kappa shape index (κ3) is 1.94. The van der Waals surface area contributed by atoms with Gasteiger partial charge >= 0.3 is 0 Å². The SMILES string of the molecule is [B]c1c(C)cc(I)c([B])c1I. The van der Waals surface area contributed by atoms with E-state index in [1.807, 2.05) is 13.0 Å². The Morgan fingerprint density at radius 1 is 1.18 bits per heavy atom. The molecule has 52 valence electrons. The topological polar surface area (TPSA) is 0 Å². The van der Waals surface area contributed by atoms with Crippen LogP contribution in [0.25, 0.3) is 0 Å². The van der Waals surface area contributed by atoms with Crippen LogP contribution in [-0.4, -0.2) is 15.7 Å². The lowest BCUT2D eigenvalue weighted by atomic mass is 9.84. The molecule has 4 radical (unpaired) electrons. The van der Waals surface area contributed by atoms with E-state index in [9.17, 15) is 0 Å². The zero-order chi connectivity index (χ0) is 8.59. The van der Waals surface area contributed by atoms with Gasteiger partial charge in [0.05, 0.1) is 0 Å². The van der Waals surface area contributed by atoms with Gasteiger partial charge in [-0.15, -0.1) is 0 Å². The molecule has 0 heterocycles. The normalized spacial score (nSPS) is 10.1. The van der Waals surface area contributed by atoms with Crippen molar-refractivity contribution < 1.29 is 0 Å². The molecule has 0 unspecified atom stereocenters. The van der Waals surface area contributed by atoms with Crippen LogP contribution in [0, 0.1) is 14.1 Å². The summed E-state index contributed by atoms with van der Waals surface area (Å²) >= 11 is 4.37. The maximum absolute atomic E-state index is 5.76. The fourth-order valence-electron chi connectivity index (χ4n) is 0.769. The highest BCUT2D eigenvalue weighted by molar-refractivity contribution is 14.1. The molecule has 0 nitrogen and oxygen atoms in total. The minimum atomic E-state index is 0.786. The highest BCUT2D eigenvalue weighted by Gasteiger charge is 2.04. The molecule has 0 N–H and O–H groups in total. The molecule has 1 aromatic rings. The molecule has 0 fully saturated rings. The average Bonchev–Trinajstić information content (AvgIpc) is 1.97. The molecular formula is C7H4B2I2. The first kappa shape index (κ1) is 9.89. The number of hydrogen-bond acceptors (Lipinski definition) is 0. The van der Waals surface area contributed by atoms with Crippen molar-refractivity contribution in [1.82, 2.24) is 0 Å². The third-order valence-corrected chi connectivity index (χ3v) is 3.55. The summed E-state index contributed by atoms with van der Waals surface area (Å²) in [5.41, 5.74) is 2.67. The van der Waals surface area contributed by atoms with E-state index in [0.717, 1.165) is 23.6 Å². The third-order valence-electron chi connectivity index (χ3n) is 1.50. The van der Waals surface area contributed by atoms with Gasteiger partial charge in [-0.25, -0.2) is 0 Å². The minimum absolute atomic E-state index is 0.786. The Bertz CT molecular complexity index is 271. The van der Waals surface area contributed by atoms with Crippen LogP contribution in [-0.2, 0) is 0 Å². The molecule has 4 heteroatoms. The number of rotatable bonds is 0. The van der Waals surface area contributed by atoms with Crippen LogP contribution in [0.15, 0.2) is 6.07 Å². The van der Waals surface area contributed by atoms with E-state index >= 15 is 0 Å². The molecule has 0 spiro atoms. The largest absolute Gasteiger partial charge is 0.116 e. The molecule has 1 rings (SSSR count). The highest BCUT2D eigenvalue weighted by Crippen LogP contribution is 2.07. The van der Waals surface area contributed by atoms with Gasteiger partial charge in [0.25, 0.3) is 0 Å². The van der Waals surface area contributed by atoms with Gasteiger partial charge in [0, 0.05) is 7.14 Å². The highest BCUT2D eigenvalue weighted by atomic mass is 127. The molecule has 0 saturated heterocycles. The van der Waals surface area contributed by atoms with E-state index in [0.29, 0.717) is 0 Å².